The molecule has 3 nitrogen and oxygen atoms in total. The summed E-state index contributed by atoms with van der Waals surface area (Å²) in [5.41, 5.74) is 1.96. The van der Waals surface area contributed by atoms with E-state index < -0.39 is 0 Å². The van der Waals surface area contributed by atoms with Crippen LogP contribution in [-0.4, -0.2) is 11.5 Å². The van der Waals surface area contributed by atoms with Crippen molar-refractivity contribution in [2.45, 2.75) is 13.5 Å². The van der Waals surface area contributed by atoms with Crippen molar-refractivity contribution in [2.75, 3.05) is 11.9 Å². The van der Waals surface area contributed by atoms with E-state index in [-0.39, 0.29) is 0 Å². The molecule has 5 heteroatoms. The third-order valence-corrected chi connectivity index (χ3v) is 3.58. The number of rotatable bonds is 5. The Kier molecular flexibility index (Phi) is 5.22. The number of pyridine rings is 1. The van der Waals surface area contributed by atoms with E-state index in [0.717, 1.165) is 32.6 Å². The maximum atomic E-state index is 5.75. The van der Waals surface area contributed by atoms with Gasteiger partial charge in [-0.2, -0.15) is 0 Å². The third-order valence-electron chi connectivity index (χ3n) is 2.47. The average Bonchev–Trinajstić information content (AvgIpc) is 2.38. The molecular formula is C14H14Br2N2O. The fourth-order valence-corrected chi connectivity index (χ4v) is 2.78. The SMILES string of the molecule is CCNc1ccnc(COc2ccc(Br)cc2Br)c1. The van der Waals surface area contributed by atoms with Gasteiger partial charge in [0.15, 0.2) is 0 Å². The summed E-state index contributed by atoms with van der Waals surface area (Å²) in [6.07, 6.45) is 1.79. The Balaban J connectivity index is 2.03. The van der Waals surface area contributed by atoms with E-state index in [9.17, 15) is 0 Å². The highest BCUT2D eigenvalue weighted by molar-refractivity contribution is 9.11. The summed E-state index contributed by atoms with van der Waals surface area (Å²) < 4.78 is 7.69. The Morgan fingerprint density at radius 2 is 2.05 bits per heavy atom. The number of anilines is 1. The molecule has 2 rings (SSSR count). The van der Waals surface area contributed by atoms with Gasteiger partial charge in [-0.05, 0) is 53.2 Å². The third kappa shape index (κ3) is 4.21. The summed E-state index contributed by atoms with van der Waals surface area (Å²) in [5, 5.41) is 3.25. The highest BCUT2D eigenvalue weighted by atomic mass is 79.9. The quantitative estimate of drug-likeness (QED) is 0.815. The zero-order valence-corrected chi connectivity index (χ0v) is 13.7. The summed E-state index contributed by atoms with van der Waals surface area (Å²) in [4.78, 5) is 4.29. The van der Waals surface area contributed by atoms with Crippen LogP contribution in [0.5, 0.6) is 5.75 Å². The monoisotopic (exact) mass is 384 g/mol. The van der Waals surface area contributed by atoms with Crippen LogP contribution in [0.2, 0.25) is 0 Å². The summed E-state index contributed by atoms with van der Waals surface area (Å²) in [7, 11) is 0. The molecule has 0 saturated heterocycles. The molecule has 0 saturated carbocycles. The first-order valence-electron chi connectivity index (χ1n) is 5.95. The predicted octanol–water partition coefficient (Wildman–Crippen LogP) is 4.62. The van der Waals surface area contributed by atoms with Crippen molar-refractivity contribution in [2.24, 2.45) is 0 Å². The molecule has 0 radical (unpaired) electrons. The van der Waals surface area contributed by atoms with Crippen LogP contribution in [0, 0.1) is 0 Å². The van der Waals surface area contributed by atoms with E-state index in [1.807, 2.05) is 30.3 Å². The first kappa shape index (κ1) is 14.3. The van der Waals surface area contributed by atoms with Gasteiger partial charge in [-0.15, -0.1) is 0 Å². The predicted molar refractivity (Wildman–Crippen MR) is 84.6 cm³/mol. The van der Waals surface area contributed by atoms with Crippen LogP contribution < -0.4 is 10.1 Å². The molecule has 1 aromatic carbocycles. The lowest BCUT2D eigenvalue weighted by atomic mass is 10.3. The number of hydrogen-bond acceptors (Lipinski definition) is 3. The van der Waals surface area contributed by atoms with Crippen LogP contribution >= 0.6 is 31.9 Å². The van der Waals surface area contributed by atoms with Crippen LogP contribution in [-0.2, 0) is 6.61 Å². The summed E-state index contributed by atoms with van der Waals surface area (Å²) in [6.45, 7) is 3.40. The van der Waals surface area contributed by atoms with Gasteiger partial charge in [0.05, 0.1) is 10.2 Å². The van der Waals surface area contributed by atoms with E-state index in [2.05, 4.69) is 49.1 Å². The Morgan fingerprint density at radius 3 is 2.79 bits per heavy atom. The molecule has 1 N–H and O–H groups in total. The van der Waals surface area contributed by atoms with Crippen LogP contribution in [0.1, 0.15) is 12.6 Å². The Bertz CT molecular complexity index is 561. The van der Waals surface area contributed by atoms with Gasteiger partial charge in [0.2, 0.25) is 0 Å². The van der Waals surface area contributed by atoms with Crippen LogP contribution in [0.3, 0.4) is 0 Å². The lowest BCUT2D eigenvalue weighted by Crippen LogP contribution is -2.01. The largest absolute Gasteiger partial charge is 0.486 e. The molecule has 0 unspecified atom stereocenters. The molecule has 1 heterocycles. The standard InChI is InChI=1S/C14H14Br2N2O/c1-2-17-11-5-6-18-12(8-11)9-19-14-4-3-10(15)7-13(14)16/h3-8H,2,9H2,1H3,(H,17,18). The van der Waals surface area contributed by atoms with E-state index in [1.54, 1.807) is 6.20 Å². The molecule has 0 atom stereocenters. The van der Waals surface area contributed by atoms with Gasteiger partial charge >= 0.3 is 0 Å². The second-order valence-electron chi connectivity index (χ2n) is 3.93. The number of halogens is 2. The highest BCUT2D eigenvalue weighted by Crippen LogP contribution is 2.28. The van der Waals surface area contributed by atoms with E-state index in [0.29, 0.717) is 6.61 Å². The minimum atomic E-state index is 0.444. The van der Waals surface area contributed by atoms with Crippen molar-refractivity contribution in [3.8, 4) is 5.75 Å². The molecule has 0 fully saturated rings. The Labute approximate surface area is 129 Å². The smallest absolute Gasteiger partial charge is 0.134 e. The highest BCUT2D eigenvalue weighted by Gasteiger charge is 2.03. The Hall–Kier alpha value is -1.07. The van der Waals surface area contributed by atoms with Crippen molar-refractivity contribution in [3.63, 3.8) is 0 Å². The molecule has 0 aliphatic carbocycles. The number of benzene rings is 1. The number of hydrogen-bond donors (Lipinski definition) is 1. The van der Waals surface area contributed by atoms with Crippen molar-refractivity contribution in [1.82, 2.24) is 4.98 Å². The molecular weight excluding hydrogens is 372 g/mol. The first-order chi connectivity index (χ1) is 9.19. The molecule has 0 amide bonds. The van der Waals surface area contributed by atoms with Gasteiger partial charge in [0, 0.05) is 22.9 Å². The molecule has 1 aromatic heterocycles. The molecule has 0 aliphatic heterocycles. The molecule has 0 aliphatic rings. The molecule has 0 spiro atoms. The van der Waals surface area contributed by atoms with Crippen molar-refractivity contribution >= 4 is 37.5 Å². The number of ether oxygens (including phenoxy) is 1. The van der Waals surface area contributed by atoms with Gasteiger partial charge in [-0.3, -0.25) is 4.98 Å². The summed E-state index contributed by atoms with van der Waals surface area (Å²) in [5.74, 6) is 0.804. The maximum absolute atomic E-state index is 5.75. The number of nitrogens with one attached hydrogen (secondary N) is 1. The van der Waals surface area contributed by atoms with Crippen LogP contribution in [0.25, 0.3) is 0 Å². The van der Waals surface area contributed by atoms with Gasteiger partial charge in [0.25, 0.3) is 0 Å². The van der Waals surface area contributed by atoms with Crippen molar-refractivity contribution < 1.29 is 4.74 Å². The summed E-state index contributed by atoms with van der Waals surface area (Å²) in [6, 6.07) is 9.77. The molecule has 19 heavy (non-hydrogen) atoms. The normalized spacial score (nSPS) is 10.3. The van der Waals surface area contributed by atoms with E-state index in [1.165, 1.54) is 0 Å². The lowest BCUT2D eigenvalue weighted by Gasteiger charge is -2.09. The molecule has 0 bridgehead atoms. The second kappa shape index (κ2) is 6.91. The zero-order chi connectivity index (χ0) is 13.7. The van der Waals surface area contributed by atoms with E-state index >= 15 is 0 Å². The zero-order valence-electron chi connectivity index (χ0n) is 10.5. The van der Waals surface area contributed by atoms with Gasteiger partial charge in [-0.25, -0.2) is 0 Å². The van der Waals surface area contributed by atoms with Crippen molar-refractivity contribution in [1.29, 1.82) is 0 Å². The van der Waals surface area contributed by atoms with Gasteiger partial charge in [-0.1, -0.05) is 15.9 Å². The van der Waals surface area contributed by atoms with Gasteiger partial charge < -0.3 is 10.1 Å². The molecule has 100 valence electrons. The van der Waals surface area contributed by atoms with Crippen molar-refractivity contribution in [3.05, 3.63) is 51.2 Å². The van der Waals surface area contributed by atoms with Crippen LogP contribution in [0.4, 0.5) is 5.69 Å². The van der Waals surface area contributed by atoms with E-state index in [4.69, 9.17) is 4.74 Å². The topological polar surface area (TPSA) is 34.2 Å². The minimum Gasteiger partial charge on any atom is -0.486 e. The number of aromatic nitrogens is 1. The number of nitrogens with zero attached hydrogens (tertiary/aromatic N) is 1. The fraction of sp³-hybridized carbons (Fsp3) is 0.214. The summed E-state index contributed by atoms with van der Waals surface area (Å²) >= 11 is 6.89. The Morgan fingerprint density at radius 1 is 1.21 bits per heavy atom. The fourth-order valence-electron chi connectivity index (χ4n) is 1.62. The molecule has 2 aromatic rings. The average molecular weight is 386 g/mol. The van der Waals surface area contributed by atoms with Crippen LogP contribution in [0.15, 0.2) is 45.5 Å². The van der Waals surface area contributed by atoms with Gasteiger partial charge in [0.1, 0.15) is 12.4 Å². The lowest BCUT2D eigenvalue weighted by molar-refractivity contribution is 0.299. The first-order valence-corrected chi connectivity index (χ1v) is 7.54. The minimum absolute atomic E-state index is 0.444. The maximum Gasteiger partial charge on any atom is 0.134 e. The second-order valence-corrected chi connectivity index (χ2v) is 5.70.